The van der Waals surface area contributed by atoms with E-state index in [2.05, 4.69) is 19.9 Å². The monoisotopic (exact) mass is 435 g/mol. The number of morpholine rings is 1. The number of carbonyl (C=O) groups excluding carboxylic acids is 1. The third-order valence-corrected chi connectivity index (χ3v) is 5.49. The van der Waals surface area contributed by atoms with Crippen LogP contribution in [0, 0.1) is 5.82 Å². The number of nitrogen functional groups attached to an aromatic ring is 1. The van der Waals surface area contributed by atoms with Crippen LogP contribution in [0.3, 0.4) is 0 Å². The number of hydrogen-bond acceptors (Lipinski definition) is 7. The van der Waals surface area contributed by atoms with Gasteiger partial charge in [-0.25, -0.2) is 14.4 Å². The van der Waals surface area contributed by atoms with Crippen LogP contribution in [0.1, 0.15) is 35.0 Å². The zero-order chi connectivity index (χ0) is 22.5. The first-order valence-electron chi connectivity index (χ1n) is 10.8. The van der Waals surface area contributed by atoms with E-state index in [4.69, 9.17) is 10.5 Å². The molecule has 0 amide bonds. The van der Waals surface area contributed by atoms with Gasteiger partial charge < -0.3 is 15.4 Å². The van der Waals surface area contributed by atoms with Gasteiger partial charge in [-0.1, -0.05) is 19.4 Å². The normalized spacial score (nSPS) is 13.9. The molecular weight excluding hydrogens is 409 g/mol. The second kappa shape index (κ2) is 9.82. The zero-order valence-electron chi connectivity index (χ0n) is 18.1. The topological polar surface area (TPSA) is 94.2 Å². The van der Waals surface area contributed by atoms with Crippen molar-refractivity contribution in [3.8, 4) is 11.3 Å². The van der Waals surface area contributed by atoms with Gasteiger partial charge in [0.15, 0.2) is 11.6 Å². The van der Waals surface area contributed by atoms with Crippen LogP contribution in [0.4, 0.5) is 15.9 Å². The second-order valence-corrected chi connectivity index (χ2v) is 7.76. The van der Waals surface area contributed by atoms with Crippen LogP contribution in [0.2, 0.25) is 0 Å². The van der Waals surface area contributed by atoms with Gasteiger partial charge >= 0.3 is 0 Å². The van der Waals surface area contributed by atoms with Crippen molar-refractivity contribution in [1.82, 2.24) is 15.0 Å². The van der Waals surface area contributed by atoms with Gasteiger partial charge in [0.05, 0.1) is 25.1 Å². The molecule has 7 nitrogen and oxygen atoms in total. The molecule has 1 saturated heterocycles. The van der Waals surface area contributed by atoms with Crippen molar-refractivity contribution in [3.63, 3.8) is 0 Å². The standard InChI is InChI=1S/C24H26FN5O2/c1-2-3-16-4-5-18(19(25)12-16)20-15-28-24(26)23(29-20)22(31)13-17-14-27-7-6-21(17)30-8-10-32-11-9-30/h4-7,12,14-15H,2-3,8-11,13H2,1H3,(H2,26,28). The third-order valence-electron chi connectivity index (χ3n) is 5.49. The maximum Gasteiger partial charge on any atom is 0.189 e. The smallest absolute Gasteiger partial charge is 0.189 e. The second-order valence-electron chi connectivity index (χ2n) is 7.76. The fourth-order valence-corrected chi connectivity index (χ4v) is 3.87. The number of benzene rings is 1. The number of rotatable bonds is 7. The Hall–Kier alpha value is -3.39. The summed E-state index contributed by atoms with van der Waals surface area (Å²) in [4.78, 5) is 28.0. The molecule has 0 unspecified atom stereocenters. The highest BCUT2D eigenvalue weighted by Gasteiger charge is 2.21. The highest BCUT2D eigenvalue weighted by Crippen LogP contribution is 2.26. The van der Waals surface area contributed by atoms with Crippen LogP contribution in [-0.4, -0.2) is 47.0 Å². The fraction of sp³-hybridized carbons (Fsp3) is 0.333. The molecule has 8 heteroatoms. The van der Waals surface area contributed by atoms with Crippen molar-refractivity contribution < 1.29 is 13.9 Å². The predicted molar refractivity (Wildman–Crippen MR) is 121 cm³/mol. The number of ketones is 1. The lowest BCUT2D eigenvalue weighted by molar-refractivity contribution is 0.0988. The lowest BCUT2D eigenvalue weighted by Gasteiger charge is -2.30. The van der Waals surface area contributed by atoms with E-state index >= 15 is 0 Å². The SMILES string of the molecule is CCCc1ccc(-c2cnc(N)c(C(=O)Cc3cnccc3N3CCOCC3)n2)c(F)c1. The predicted octanol–water partition coefficient (Wildman–Crippen LogP) is 3.47. The van der Waals surface area contributed by atoms with Gasteiger partial charge in [-0.15, -0.1) is 0 Å². The molecule has 1 aliphatic heterocycles. The Balaban J connectivity index is 1.61. The molecule has 3 heterocycles. The number of anilines is 2. The summed E-state index contributed by atoms with van der Waals surface area (Å²) < 4.78 is 20.1. The number of hydrogen-bond donors (Lipinski definition) is 1. The molecule has 1 aliphatic rings. The molecule has 32 heavy (non-hydrogen) atoms. The van der Waals surface area contributed by atoms with Gasteiger partial charge in [0, 0.05) is 48.7 Å². The highest BCUT2D eigenvalue weighted by molar-refractivity contribution is 6.00. The molecule has 166 valence electrons. The van der Waals surface area contributed by atoms with Gasteiger partial charge in [0.25, 0.3) is 0 Å². The van der Waals surface area contributed by atoms with Crippen LogP contribution in [0.15, 0.2) is 42.9 Å². The summed E-state index contributed by atoms with van der Waals surface area (Å²) in [5.74, 6) is -0.656. The molecule has 2 aromatic heterocycles. The van der Waals surface area contributed by atoms with Crippen LogP contribution in [-0.2, 0) is 17.6 Å². The van der Waals surface area contributed by atoms with Gasteiger partial charge in [0.1, 0.15) is 11.5 Å². The average molecular weight is 436 g/mol. The quantitative estimate of drug-likeness (QED) is 0.568. The van der Waals surface area contributed by atoms with Crippen molar-refractivity contribution in [2.75, 3.05) is 36.9 Å². The van der Waals surface area contributed by atoms with E-state index in [-0.39, 0.29) is 29.4 Å². The maximum absolute atomic E-state index is 14.7. The first-order chi connectivity index (χ1) is 15.6. The van der Waals surface area contributed by atoms with Gasteiger partial charge in [0.2, 0.25) is 0 Å². The van der Waals surface area contributed by atoms with Crippen LogP contribution in [0.5, 0.6) is 0 Å². The molecular formula is C24H26FN5O2. The minimum Gasteiger partial charge on any atom is -0.382 e. The number of nitrogens with two attached hydrogens (primary N) is 1. The number of halogens is 1. The number of pyridine rings is 1. The van der Waals surface area contributed by atoms with Gasteiger partial charge in [-0.2, -0.15) is 0 Å². The lowest BCUT2D eigenvalue weighted by Crippen LogP contribution is -2.37. The Morgan fingerprint density at radius 3 is 2.78 bits per heavy atom. The Kier molecular flexibility index (Phi) is 6.70. The molecule has 0 atom stereocenters. The zero-order valence-corrected chi connectivity index (χ0v) is 18.1. The van der Waals surface area contributed by atoms with E-state index in [0.717, 1.165) is 42.7 Å². The van der Waals surface area contributed by atoms with Crippen LogP contribution in [0.25, 0.3) is 11.3 Å². The Morgan fingerprint density at radius 2 is 2.03 bits per heavy atom. The van der Waals surface area contributed by atoms with E-state index in [0.29, 0.717) is 18.8 Å². The first-order valence-corrected chi connectivity index (χ1v) is 10.8. The number of aromatic nitrogens is 3. The number of Topliss-reactive ketones (excluding diaryl/α,β-unsaturated/α-hetero) is 1. The minimum absolute atomic E-state index is 0.0265. The fourth-order valence-electron chi connectivity index (χ4n) is 3.87. The first kappa shape index (κ1) is 21.8. The summed E-state index contributed by atoms with van der Waals surface area (Å²) in [6.45, 7) is 4.81. The summed E-state index contributed by atoms with van der Waals surface area (Å²) in [6.07, 6.45) is 6.58. The highest BCUT2D eigenvalue weighted by atomic mass is 19.1. The summed E-state index contributed by atoms with van der Waals surface area (Å²) in [5.41, 5.74) is 9.22. The molecule has 3 aromatic rings. The Bertz CT molecular complexity index is 1120. The van der Waals surface area contributed by atoms with Crippen LogP contribution < -0.4 is 10.6 Å². The molecule has 0 saturated carbocycles. The Labute approximate surface area is 186 Å². The number of aryl methyl sites for hydroxylation is 1. The van der Waals surface area contributed by atoms with Crippen molar-refractivity contribution in [2.45, 2.75) is 26.2 Å². The minimum atomic E-state index is -0.393. The summed E-state index contributed by atoms with van der Waals surface area (Å²) in [7, 11) is 0. The van der Waals surface area contributed by atoms with Crippen LogP contribution >= 0.6 is 0 Å². The molecule has 0 radical (unpaired) electrons. The van der Waals surface area contributed by atoms with E-state index in [1.54, 1.807) is 18.5 Å². The van der Waals surface area contributed by atoms with Gasteiger partial charge in [-0.3, -0.25) is 9.78 Å². The van der Waals surface area contributed by atoms with Crippen molar-refractivity contribution in [1.29, 1.82) is 0 Å². The molecule has 0 bridgehead atoms. The number of nitrogens with zero attached hydrogens (tertiary/aromatic N) is 4. The number of carbonyl (C=O) groups is 1. The van der Waals surface area contributed by atoms with Crippen molar-refractivity contribution in [3.05, 3.63) is 65.5 Å². The summed E-state index contributed by atoms with van der Waals surface area (Å²) in [6, 6.07) is 6.94. The van der Waals surface area contributed by atoms with Gasteiger partial charge in [-0.05, 0) is 30.2 Å². The summed E-state index contributed by atoms with van der Waals surface area (Å²) >= 11 is 0. The Morgan fingerprint density at radius 1 is 1.22 bits per heavy atom. The third kappa shape index (κ3) is 4.75. The van der Waals surface area contributed by atoms with E-state index in [1.165, 1.54) is 12.3 Å². The van der Waals surface area contributed by atoms with Crippen molar-refractivity contribution in [2.24, 2.45) is 0 Å². The molecule has 0 aliphatic carbocycles. The van der Waals surface area contributed by atoms with E-state index < -0.39 is 5.82 Å². The lowest BCUT2D eigenvalue weighted by atomic mass is 10.0. The maximum atomic E-state index is 14.7. The van der Waals surface area contributed by atoms with Crippen molar-refractivity contribution >= 4 is 17.3 Å². The molecule has 0 spiro atoms. The molecule has 1 aromatic carbocycles. The largest absolute Gasteiger partial charge is 0.382 e. The molecule has 2 N–H and O–H groups in total. The molecule has 1 fully saturated rings. The molecule has 4 rings (SSSR count). The van der Waals surface area contributed by atoms with E-state index in [9.17, 15) is 9.18 Å². The average Bonchev–Trinajstić information content (AvgIpc) is 2.81. The van der Waals surface area contributed by atoms with E-state index in [1.807, 2.05) is 19.1 Å². The number of ether oxygens (including phenoxy) is 1. The summed E-state index contributed by atoms with van der Waals surface area (Å²) in [5, 5.41) is 0.